The molecular formula is C26H31NO4. The van der Waals surface area contributed by atoms with Crippen LogP contribution in [0.15, 0.2) is 36.4 Å². The van der Waals surface area contributed by atoms with Crippen LogP contribution in [0, 0.1) is 17.8 Å². The Hall–Kier alpha value is -2.69. The third-order valence-electron chi connectivity index (χ3n) is 7.75. The quantitative estimate of drug-likeness (QED) is 0.675. The highest BCUT2D eigenvalue weighted by Gasteiger charge is 2.51. The summed E-state index contributed by atoms with van der Waals surface area (Å²) >= 11 is 0. The molecule has 0 heterocycles. The standard InChI is InChI=1S/C26H31NO4/c1-29-20-5-7-24(31-3)22(12-20)27-25(28)21-11-19(4-6-23(21)30-2)26-13-16-8-17(14-26)10-18(9-16)15-26/h4-7,11-12,16-18H,8-10,13-15H2,1-3H3,(H,27,28). The van der Waals surface area contributed by atoms with Crippen molar-refractivity contribution in [1.29, 1.82) is 0 Å². The van der Waals surface area contributed by atoms with Gasteiger partial charge in [-0.15, -0.1) is 0 Å². The molecule has 4 aliphatic rings. The average Bonchev–Trinajstić information content (AvgIpc) is 2.77. The molecule has 4 saturated carbocycles. The monoisotopic (exact) mass is 421 g/mol. The van der Waals surface area contributed by atoms with E-state index in [0.717, 1.165) is 17.8 Å². The summed E-state index contributed by atoms with van der Waals surface area (Å²) in [6.07, 6.45) is 7.98. The van der Waals surface area contributed by atoms with Crippen LogP contribution in [0.25, 0.3) is 0 Å². The van der Waals surface area contributed by atoms with Crippen molar-refractivity contribution >= 4 is 11.6 Å². The zero-order chi connectivity index (χ0) is 21.6. The predicted molar refractivity (Wildman–Crippen MR) is 120 cm³/mol. The minimum Gasteiger partial charge on any atom is -0.497 e. The van der Waals surface area contributed by atoms with Gasteiger partial charge in [-0.05, 0) is 91.5 Å². The zero-order valence-corrected chi connectivity index (χ0v) is 18.6. The van der Waals surface area contributed by atoms with Gasteiger partial charge in [-0.25, -0.2) is 0 Å². The van der Waals surface area contributed by atoms with Gasteiger partial charge in [-0.2, -0.15) is 0 Å². The Kier molecular flexibility index (Phi) is 5.07. The Morgan fingerprint density at radius 1 is 0.839 bits per heavy atom. The van der Waals surface area contributed by atoms with Gasteiger partial charge in [0.1, 0.15) is 17.2 Å². The van der Waals surface area contributed by atoms with Crippen molar-refractivity contribution in [2.75, 3.05) is 26.6 Å². The minimum atomic E-state index is -0.199. The summed E-state index contributed by atoms with van der Waals surface area (Å²) in [6.45, 7) is 0. The number of methoxy groups -OCH3 is 3. The molecule has 6 rings (SSSR count). The topological polar surface area (TPSA) is 56.8 Å². The largest absolute Gasteiger partial charge is 0.497 e. The van der Waals surface area contributed by atoms with Gasteiger partial charge in [0.05, 0.1) is 32.6 Å². The molecule has 0 spiro atoms. The Labute approximate surface area is 184 Å². The van der Waals surface area contributed by atoms with Crippen LogP contribution in [-0.4, -0.2) is 27.2 Å². The van der Waals surface area contributed by atoms with E-state index in [2.05, 4.69) is 17.4 Å². The summed E-state index contributed by atoms with van der Waals surface area (Å²) in [5, 5.41) is 3.00. The SMILES string of the molecule is COc1ccc(OC)c(NC(=O)c2cc(C34CC5CC(CC(C5)C3)C4)ccc2OC)c1. The number of nitrogens with one attached hydrogen (secondary N) is 1. The fraction of sp³-hybridized carbons (Fsp3) is 0.500. The lowest BCUT2D eigenvalue weighted by atomic mass is 9.48. The van der Waals surface area contributed by atoms with Gasteiger partial charge in [0.25, 0.3) is 5.91 Å². The van der Waals surface area contributed by atoms with E-state index in [-0.39, 0.29) is 11.3 Å². The molecule has 2 aromatic rings. The highest BCUT2D eigenvalue weighted by atomic mass is 16.5. The van der Waals surface area contributed by atoms with Crippen molar-refractivity contribution in [3.05, 3.63) is 47.5 Å². The minimum absolute atomic E-state index is 0.199. The molecule has 4 bridgehead atoms. The molecule has 0 unspecified atom stereocenters. The lowest BCUT2D eigenvalue weighted by Gasteiger charge is -2.57. The molecule has 0 atom stereocenters. The first-order chi connectivity index (χ1) is 15.0. The van der Waals surface area contributed by atoms with Crippen LogP contribution in [-0.2, 0) is 5.41 Å². The maximum absolute atomic E-state index is 13.4. The molecule has 31 heavy (non-hydrogen) atoms. The molecule has 0 aromatic heterocycles. The Morgan fingerprint density at radius 3 is 2.03 bits per heavy atom. The molecule has 5 nitrogen and oxygen atoms in total. The molecule has 4 aliphatic carbocycles. The molecule has 0 radical (unpaired) electrons. The summed E-state index contributed by atoms with van der Waals surface area (Å²) in [5.74, 6) is 4.20. The second-order valence-corrected chi connectivity index (χ2v) is 9.63. The zero-order valence-electron chi connectivity index (χ0n) is 18.6. The van der Waals surface area contributed by atoms with E-state index in [9.17, 15) is 4.79 Å². The molecule has 0 saturated heterocycles. The van der Waals surface area contributed by atoms with E-state index in [1.54, 1.807) is 33.5 Å². The van der Waals surface area contributed by atoms with Gasteiger partial charge >= 0.3 is 0 Å². The molecule has 164 valence electrons. The number of amides is 1. The fourth-order valence-electron chi connectivity index (χ4n) is 6.78. The number of hydrogen-bond donors (Lipinski definition) is 1. The van der Waals surface area contributed by atoms with Gasteiger partial charge in [-0.3, -0.25) is 4.79 Å². The van der Waals surface area contributed by atoms with Crippen molar-refractivity contribution in [3.63, 3.8) is 0 Å². The lowest BCUT2D eigenvalue weighted by Crippen LogP contribution is -2.48. The van der Waals surface area contributed by atoms with Gasteiger partial charge in [-0.1, -0.05) is 6.07 Å². The maximum Gasteiger partial charge on any atom is 0.259 e. The highest BCUT2D eigenvalue weighted by Crippen LogP contribution is 2.60. The summed E-state index contributed by atoms with van der Waals surface area (Å²) in [4.78, 5) is 13.4. The molecule has 4 fully saturated rings. The predicted octanol–water partition coefficient (Wildman–Crippen LogP) is 5.43. The van der Waals surface area contributed by atoms with Crippen LogP contribution < -0.4 is 19.5 Å². The summed E-state index contributed by atoms with van der Waals surface area (Å²) in [6, 6.07) is 11.6. The molecule has 1 amide bonds. The average molecular weight is 422 g/mol. The number of carbonyl (C=O) groups excluding carboxylic acids is 1. The van der Waals surface area contributed by atoms with Crippen LogP contribution in [0.3, 0.4) is 0 Å². The maximum atomic E-state index is 13.4. The van der Waals surface area contributed by atoms with E-state index in [1.165, 1.54) is 44.1 Å². The van der Waals surface area contributed by atoms with Crippen LogP contribution in [0.5, 0.6) is 17.2 Å². The van der Waals surface area contributed by atoms with Crippen LogP contribution in [0.2, 0.25) is 0 Å². The van der Waals surface area contributed by atoms with Crippen LogP contribution >= 0.6 is 0 Å². The third-order valence-corrected chi connectivity index (χ3v) is 7.75. The number of rotatable bonds is 6. The second-order valence-electron chi connectivity index (χ2n) is 9.63. The number of hydrogen-bond acceptors (Lipinski definition) is 4. The van der Waals surface area contributed by atoms with Crippen molar-refractivity contribution in [3.8, 4) is 17.2 Å². The molecule has 0 aliphatic heterocycles. The summed E-state index contributed by atoms with van der Waals surface area (Å²) in [5.41, 5.74) is 2.67. The third kappa shape index (κ3) is 3.54. The van der Waals surface area contributed by atoms with E-state index in [4.69, 9.17) is 14.2 Å². The van der Waals surface area contributed by atoms with Crippen molar-refractivity contribution in [1.82, 2.24) is 0 Å². The van der Waals surface area contributed by atoms with Crippen molar-refractivity contribution in [2.24, 2.45) is 17.8 Å². The van der Waals surface area contributed by atoms with Gasteiger partial charge in [0, 0.05) is 6.07 Å². The first-order valence-corrected chi connectivity index (χ1v) is 11.3. The van der Waals surface area contributed by atoms with Crippen molar-refractivity contribution < 1.29 is 19.0 Å². The molecule has 5 heteroatoms. The summed E-state index contributed by atoms with van der Waals surface area (Å²) in [7, 11) is 4.81. The molecule has 1 N–H and O–H groups in total. The number of anilines is 1. The lowest BCUT2D eigenvalue weighted by molar-refractivity contribution is -0.00522. The Bertz CT molecular complexity index is 964. The number of carbonyl (C=O) groups is 1. The smallest absolute Gasteiger partial charge is 0.259 e. The number of benzene rings is 2. The van der Waals surface area contributed by atoms with Gasteiger partial charge < -0.3 is 19.5 Å². The van der Waals surface area contributed by atoms with Crippen LogP contribution in [0.1, 0.15) is 54.4 Å². The summed E-state index contributed by atoms with van der Waals surface area (Å²) < 4.78 is 16.3. The van der Waals surface area contributed by atoms with E-state index < -0.39 is 0 Å². The fourth-order valence-corrected chi connectivity index (χ4v) is 6.78. The molecular weight excluding hydrogens is 390 g/mol. The highest BCUT2D eigenvalue weighted by molar-refractivity contribution is 6.07. The normalized spacial score (nSPS) is 28.3. The van der Waals surface area contributed by atoms with E-state index in [1.807, 2.05) is 12.1 Å². The first kappa shape index (κ1) is 20.2. The van der Waals surface area contributed by atoms with E-state index in [0.29, 0.717) is 28.5 Å². The van der Waals surface area contributed by atoms with Gasteiger partial charge in [0.15, 0.2) is 0 Å². The Balaban J connectivity index is 1.48. The second kappa shape index (κ2) is 7.77. The van der Waals surface area contributed by atoms with E-state index >= 15 is 0 Å². The van der Waals surface area contributed by atoms with Gasteiger partial charge in [0.2, 0.25) is 0 Å². The Morgan fingerprint density at radius 2 is 1.45 bits per heavy atom. The first-order valence-electron chi connectivity index (χ1n) is 11.3. The van der Waals surface area contributed by atoms with Crippen molar-refractivity contribution in [2.45, 2.75) is 43.9 Å². The molecule has 2 aromatic carbocycles. The number of ether oxygens (including phenoxy) is 3. The van der Waals surface area contributed by atoms with Crippen LogP contribution in [0.4, 0.5) is 5.69 Å².